The summed E-state index contributed by atoms with van der Waals surface area (Å²) < 4.78 is 0. The van der Waals surface area contributed by atoms with Crippen LogP contribution in [0.3, 0.4) is 0 Å². The summed E-state index contributed by atoms with van der Waals surface area (Å²) in [7, 11) is 0. The Kier molecular flexibility index (Phi) is 10.1. The van der Waals surface area contributed by atoms with Crippen molar-refractivity contribution in [3.8, 4) is 0 Å². The molecule has 0 unspecified atom stereocenters. The van der Waals surface area contributed by atoms with Crippen LogP contribution >= 0.6 is 12.4 Å². The molecule has 2 amide bonds. The molecule has 0 spiro atoms. The summed E-state index contributed by atoms with van der Waals surface area (Å²) in [6.07, 6.45) is 1.91. The van der Waals surface area contributed by atoms with Crippen molar-refractivity contribution >= 4 is 30.2 Å². The number of aliphatic carboxylic acids is 1. The molecule has 2 atom stereocenters. The largest absolute Gasteiger partial charge is 0.480 e. The van der Waals surface area contributed by atoms with Gasteiger partial charge in [-0.3, -0.25) is 9.59 Å². The first-order chi connectivity index (χ1) is 13.3. The number of nitrogens with one attached hydrogen (secondary N) is 1. The van der Waals surface area contributed by atoms with E-state index in [9.17, 15) is 19.5 Å². The van der Waals surface area contributed by atoms with Crippen LogP contribution in [0.2, 0.25) is 0 Å². The van der Waals surface area contributed by atoms with Crippen molar-refractivity contribution < 1.29 is 19.5 Å². The number of likely N-dealkylation sites (tertiary alicyclic amines) is 1. The number of amides is 2. The Hall–Kier alpha value is -2.12. The zero-order chi connectivity index (χ0) is 20.7. The van der Waals surface area contributed by atoms with Gasteiger partial charge in [-0.25, -0.2) is 4.79 Å². The third-order valence-electron chi connectivity index (χ3n) is 5.11. The molecular formula is C21H32ClN3O4. The summed E-state index contributed by atoms with van der Waals surface area (Å²) in [6.45, 7) is 4.76. The average molecular weight is 426 g/mol. The Labute approximate surface area is 178 Å². The van der Waals surface area contributed by atoms with Crippen LogP contribution in [0.1, 0.15) is 38.7 Å². The lowest BCUT2D eigenvalue weighted by atomic mass is 9.94. The topological polar surface area (TPSA) is 113 Å². The summed E-state index contributed by atoms with van der Waals surface area (Å²) in [5, 5.41) is 11.9. The predicted molar refractivity (Wildman–Crippen MR) is 114 cm³/mol. The number of piperidine rings is 1. The van der Waals surface area contributed by atoms with Crippen LogP contribution in [0.4, 0.5) is 0 Å². The number of hydrogen-bond acceptors (Lipinski definition) is 4. The minimum absolute atomic E-state index is 0. The van der Waals surface area contributed by atoms with Gasteiger partial charge in [0.25, 0.3) is 0 Å². The van der Waals surface area contributed by atoms with E-state index in [1.807, 2.05) is 44.2 Å². The zero-order valence-corrected chi connectivity index (χ0v) is 17.9. The van der Waals surface area contributed by atoms with Gasteiger partial charge < -0.3 is 21.1 Å². The highest BCUT2D eigenvalue weighted by Crippen LogP contribution is 2.19. The summed E-state index contributed by atoms with van der Waals surface area (Å²) >= 11 is 0. The number of hydrogen-bond donors (Lipinski definition) is 3. The van der Waals surface area contributed by atoms with Crippen LogP contribution in [0.15, 0.2) is 30.3 Å². The van der Waals surface area contributed by atoms with Gasteiger partial charge in [0, 0.05) is 19.0 Å². The number of carboxylic acid groups (broad SMARTS) is 1. The third kappa shape index (κ3) is 7.66. The number of carbonyl (C=O) groups is 3. The number of carboxylic acids is 1. The molecule has 1 aromatic carbocycles. The van der Waals surface area contributed by atoms with E-state index >= 15 is 0 Å². The molecule has 0 saturated carbocycles. The highest BCUT2D eigenvalue weighted by molar-refractivity contribution is 5.86. The molecule has 0 bridgehead atoms. The van der Waals surface area contributed by atoms with Crippen molar-refractivity contribution in [3.05, 3.63) is 35.9 Å². The second kappa shape index (κ2) is 11.8. The lowest BCUT2D eigenvalue weighted by Gasteiger charge is -2.33. The molecule has 4 N–H and O–H groups in total. The van der Waals surface area contributed by atoms with Gasteiger partial charge in [0.15, 0.2) is 0 Å². The summed E-state index contributed by atoms with van der Waals surface area (Å²) in [5.41, 5.74) is 7.10. The first kappa shape index (κ1) is 24.9. The van der Waals surface area contributed by atoms with E-state index < -0.39 is 18.1 Å². The third-order valence-corrected chi connectivity index (χ3v) is 5.11. The quantitative estimate of drug-likeness (QED) is 0.588. The normalized spacial score (nSPS) is 16.6. The molecule has 1 fully saturated rings. The van der Waals surface area contributed by atoms with E-state index in [0.717, 1.165) is 5.56 Å². The van der Waals surface area contributed by atoms with Crippen LogP contribution in [-0.4, -0.2) is 53.0 Å². The van der Waals surface area contributed by atoms with Crippen molar-refractivity contribution in [2.75, 3.05) is 13.1 Å². The van der Waals surface area contributed by atoms with Gasteiger partial charge >= 0.3 is 5.97 Å². The molecule has 1 heterocycles. The van der Waals surface area contributed by atoms with Gasteiger partial charge in [0.2, 0.25) is 11.8 Å². The Bertz CT molecular complexity index is 676. The SMILES string of the molecule is CC(C)C[C@H](NC(=O)C1CCN(C(=O)[C@@H](N)Cc2ccccc2)CC1)C(=O)O.Cl. The summed E-state index contributed by atoms with van der Waals surface area (Å²) in [6, 6.07) is 8.17. The highest BCUT2D eigenvalue weighted by atomic mass is 35.5. The Morgan fingerprint density at radius 3 is 2.28 bits per heavy atom. The van der Waals surface area contributed by atoms with E-state index in [1.54, 1.807) is 4.90 Å². The fourth-order valence-electron chi connectivity index (χ4n) is 3.53. The van der Waals surface area contributed by atoms with Crippen LogP contribution in [0, 0.1) is 11.8 Å². The van der Waals surface area contributed by atoms with Gasteiger partial charge in [-0.2, -0.15) is 0 Å². The molecule has 0 radical (unpaired) electrons. The number of nitrogens with zero attached hydrogens (tertiary/aromatic N) is 1. The van der Waals surface area contributed by atoms with Gasteiger partial charge in [-0.1, -0.05) is 44.2 Å². The molecular weight excluding hydrogens is 394 g/mol. The van der Waals surface area contributed by atoms with E-state index in [1.165, 1.54) is 0 Å². The second-order valence-electron chi connectivity index (χ2n) is 7.92. The molecule has 1 saturated heterocycles. The molecule has 7 nitrogen and oxygen atoms in total. The van der Waals surface area contributed by atoms with Gasteiger partial charge in [-0.05, 0) is 37.2 Å². The van der Waals surface area contributed by atoms with Crippen molar-refractivity contribution in [2.45, 2.75) is 51.6 Å². The molecule has 29 heavy (non-hydrogen) atoms. The Morgan fingerprint density at radius 2 is 1.76 bits per heavy atom. The smallest absolute Gasteiger partial charge is 0.326 e. The number of benzene rings is 1. The Balaban J connectivity index is 0.00000420. The number of rotatable bonds is 8. The van der Waals surface area contributed by atoms with E-state index in [4.69, 9.17) is 5.73 Å². The summed E-state index contributed by atoms with van der Waals surface area (Å²) in [5.74, 6) is -1.46. The highest BCUT2D eigenvalue weighted by Gasteiger charge is 2.31. The van der Waals surface area contributed by atoms with E-state index in [2.05, 4.69) is 5.32 Å². The van der Waals surface area contributed by atoms with Crippen LogP contribution < -0.4 is 11.1 Å². The standard InChI is InChI=1S/C21H31N3O4.ClH/c1-14(2)12-18(21(27)28)23-19(25)16-8-10-24(11-9-16)20(26)17(22)13-15-6-4-3-5-7-15;/h3-7,14,16-18H,8-13,22H2,1-2H3,(H,23,25)(H,27,28);1H/t17-,18-;/m0./s1. The molecule has 1 aromatic rings. The molecule has 0 aromatic heterocycles. The predicted octanol–water partition coefficient (Wildman–Crippen LogP) is 1.83. The van der Waals surface area contributed by atoms with Crippen molar-refractivity contribution in [1.29, 1.82) is 0 Å². The van der Waals surface area contributed by atoms with Crippen LogP contribution in [0.5, 0.6) is 0 Å². The van der Waals surface area contributed by atoms with E-state index in [-0.39, 0.29) is 36.1 Å². The van der Waals surface area contributed by atoms with E-state index in [0.29, 0.717) is 38.8 Å². The zero-order valence-electron chi connectivity index (χ0n) is 17.0. The van der Waals surface area contributed by atoms with Gasteiger partial charge in [0.05, 0.1) is 6.04 Å². The van der Waals surface area contributed by atoms with Gasteiger partial charge in [0.1, 0.15) is 6.04 Å². The van der Waals surface area contributed by atoms with Crippen molar-refractivity contribution in [1.82, 2.24) is 10.2 Å². The average Bonchev–Trinajstić information content (AvgIpc) is 2.67. The maximum atomic E-state index is 12.6. The van der Waals surface area contributed by atoms with Crippen LogP contribution in [-0.2, 0) is 20.8 Å². The number of carbonyl (C=O) groups excluding carboxylic acids is 2. The maximum Gasteiger partial charge on any atom is 0.326 e. The molecule has 0 aliphatic carbocycles. The first-order valence-electron chi connectivity index (χ1n) is 9.89. The first-order valence-corrected chi connectivity index (χ1v) is 9.89. The maximum absolute atomic E-state index is 12.6. The van der Waals surface area contributed by atoms with Gasteiger partial charge in [-0.15, -0.1) is 12.4 Å². The monoisotopic (exact) mass is 425 g/mol. The Morgan fingerprint density at radius 1 is 1.17 bits per heavy atom. The molecule has 2 rings (SSSR count). The molecule has 1 aliphatic rings. The molecule has 162 valence electrons. The van der Waals surface area contributed by atoms with Crippen molar-refractivity contribution in [3.63, 3.8) is 0 Å². The number of halogens is 1. The lowest BCUT2D eigenvalue weighted by Crippen LogP contribution is -2.51. The fourth-order valence-corrected chi connectivity index (χ4v) is 3.53. The molecule has 8 heteroatoms. The van der Waals surface area contributed by atoms with Crippen LogP contribution in [0.25, 0.3) is 0 Å². The second-order valence-corrected chi connectivity index (χ2v) is 7.92. The van der Waals surface area contributed by atoms with Crippen molar-refractivity contribution in [2.24, 2.45) is 17.6 Å². The fraction of sp³-hybridized carbons (Fsp3) is 0.571. The lowest BCUT2D eigenvalue weighted by molar-refractivity contribution is -0.143. The molecule has 1 aliphatic heterocycles. The summed E-state index contributed by atoms with van der Waals surface area (Å²) in [4.78, 5) is 38.1. The minimum atomic E-state index is -1.01. The number of nitrogens with two attached hydrogens (primary N) is 1. The minimum Gasteiger partial charge on any atom is -0.480 e.